The Labute approximate surface area is 222 Å². The fourth-order valence-corrected chi connectivity index (χ4v) is 5.06. The minimum atomic E-state index is -4.77. The number of hydrogen-bond acceptors (Lipinski definition) is 3. The zero-order valence-electron chi connectivity index (χ0n) is 20.0. The van der Waals surface area contributed by atoms with Crippen molar-refractivity contribution in [2.75, 3.05) is 27.2 Å². The molecule has 1 saturated heterocycles. The number of nitrogens with zero attached hydrogens (tertiary/aromatic N) is 2. The van der Waals surface area contributed by atoms with Crippen molar-refractivity contribution in [1.29, 1.82) is 0 Å². The summed E-state index contributed by atoms with van der Waals surface area (Å²) in [6, 6.07) is 14.9. The lowest BCUT2D eigenvalue weighted by molar-refractivity contribution is -0.140. The Hall–Kier alpha value is -2.81. The first-order valence-corrected chi connectivity index (χ1v) is 12.2. The van der Waals surface area contributed by atoms with Gasteiger partial charge in [-0.15, -0.1) is 0 Å². The molecular formula is C27H24Cl2F4N2O2. The molecule has 3 aromatic rings. The first-order chi connectivity index (χ1) is 17.5. The fraction of sp³-hybridized carbons (Fsp3) is 0.296. The van der Waals surface area contributed by atoms with Crippen LogP contribution in [-0.2, 0) is 12.7 Å². The number of ether oxygens (including phenoxy) is 1. The SMILES string of the molecule is COc1ccccc1C(=O)N1CC(c2ccc(Cl)c(Cl)c2)C(N(C)Cc2ccc(C(F)(F)F)c(F)c2)C1. The predicted octanol–water partition coefficient (Wildman–Crippen LogP) is 6.90. The molecule has 3 aromatic carbocycles. The van der Waals surface area contributed by atoms with E-state index in [2.05, 4.69) is 0 Å². The van der Waals surface area contributed by atoms with E-state index in [9.17, 15) is 22.4 Å². The number of para-hydroxylation sites is 1. The lowest BCUT2D eigenvalue weighted by Crippen LogP contribution is -2.38. The van der Waals surface area contributed by atoms with Crippen molar-refractivity contribution in [3.8, 4) is 5.75 Å². The Morgan fingerprint density at radius 2 is 1.78 bits per heavy atom. The van der Waals surface area contributed by atoms with Crippen molar-refractivity contribution >= 4 is 29.1 Å². The van der Waals surface area contributed by atoms with Crippen LogP contribution in [-0.4, -0.2) is 49.0 Å². The van der Waals surface area contributed by atoms with E-state index in [1.165, 1.54) is 13.2 Å². The van der Waals surface area contributed by atoms with Gasteiger partial charge in [-0.05, 0) is 54.6 Å². The molecule has 4 nitrogen and oxygen atoms in total. The van der Waals surface area contributed by atoms with Crippen LogP contribution in [0.4, 0.5) is 17.6 Å². The number of carbonyl (C=O) groups excluding carboxylic acids is 1. The van der Waals surface area contributed by atoms with Crippen molar-refractivity contribution in [2.24, 2.45) is 0 Å². The van der Waals surface area contributed by atoms with E-state index in [1.54, 1.807) is 48.3 Å². The summed E-state index contributed by atoms with van der Waals surface area (Å²) in [5.41, 5.74) is 0.364. The van der Waals surface area contributed by atoms with Gasteiger partial charge in [0.2, 0.25) is 0 Å². The van der Waals surface area contributed by atoms with Crippen LogP contribution in [0.5, 0.6) is 5.75 Å². The fourth-order valence-electron chi connectivity index (χ4n) is 4.75. The lowest BCUT2D eigenvalue weighted by Gasteiger charge is -2.29. The van der Waals surface area contributed by atoms with Gasteiger partial charge in [0.25, 0.3) is 5.91 Å². The van der Waals surface area contributed by atoms with Gasteiger partial charge in [-0.1, -0.05) is 47.5 Å². The number of benzene rings is 3. The highest BCUT2D eigenvalue weighted by atomic mass is 35.5. The van der Waals surface area contributed by atoms with Crippen molar-refractivity contribution < 1.29 is 27.1 Å². The van der Waals surface area contributed by atoms with Crippen LogP contribution in [0.2, 0.25) is 10.0 Å². The van der Waals surface area contributed by atoms with Gasteiger partial charge in [-0.2, -0.15) is 13.2 Å². The molecule has 0 aliphatic carbocycles. The molecule has 1 fully saturated rings. The zero-order valence-corrected chi connectivity index (χ0v) is 21.5. The maximum atomic E-state index is 14.2. The Balaban J connectivity index is 1.63. The van der Waals surface area contributed by atoms with Crippen molar-refractivity contribution in [2.45, 2.75) is 24.7 Å². The molecule has 4 rings (SSSR count). The van der Waals surface area contributed by atoms with Crippen LogP contribution in [0.25, 0.3) is 0 Å². The maximum absolute atomic E-state index is 14.2. The Bertz CT molecular complexity index is 1300. The summed E-state index contributed by atoms with van der Waals surface area (Å²) in [5, 5.41) is 0.774. The molecule has 1 amide bonds. The number of likely N-dealkylation sites (tertiary alicyclic amines) is 1. The van der Waals surface area contributed by atoms with Gasteiger partial charge in [0.1, 0.15) is 11.6 Å². The summed E-state index contributed by atoms with van der Waals surface area (Å²) in [7, 11) is 3.29. The van der Waals surface area contributed by atoms with Crippen LogP contribution in [0.3, 0.4) is 0 Å². The third-order valence-electron chi connectivity index (χ3n) is 6.62. The summed E-state index contributed by atoms with van der Waals surface area (Å²) >= 11 is 12.4. The number of hydrogen-bond donors (Lipinski definition) is 0. The molecule has 10 heteroatoms. The average molecular weight is 555 g/mol. The summed E-state index contributed by atoms with van der Waals surface area (Å²) in [4.78, 5) is 17.1. The third kappa shape index (κ3) is 5.87. The van der Waals surface area contributed by atoms with E-state index < -0.39 is 17.6 Å². The van der Waals surface area contributed by atoms with Gasteiger partial charge < -0.3 is 9.64 Å². The summed E-state index contributed by atoms with van der Waals surface area (Å²) in [5.74, 6) is -1.26. The van der Waals surface area contributed by atoms with E-state index in [0.29, 0.717) is 40.0 Å². The molecule has 1 heterocycles. The molecule has 0 saturated carbocycles. The van der Waals surface area contributed by atoms with Crippen LogP contribution >= 0.6 is 23.2 Å². The van der Waals surface area contributed by atoms with Gasteiger partial charge in [0.05, 0.1) is 28.3 Å². The number of alkyl halides is 3. The molecular weight excluding hydrogens is 531 g/mol. The highest BCUT2D eigenvalue weighted by molar-refractivity contribution is 6.42. The van der Waals surface area contributed by atoms with Crippen molar-refractivity contribution in [3.63, 3.8) is 0 Å². The molecule has 0 radical (unpaired) electrons. The molecule has 0 bridgehead atoms. The molecule has 1 aliphatic heterocycles. The standard InChI is InChI=1S/C27H24Cl2F4N2O2/c1-34(13-16-7-9-20(23(30)11-16)27(31,32)33)24-15-35(26(36)18-5-3-4-6-25(18)37-2)14-19(24)17-8-10-21(28)22(29)12-17/h3-12,19,24H,13-15H2,1-2H3. The summed E-state index contributed by atoms with van der Waals surface area (Å²) in [6.07, 6.45) is -4.77. The molecule has 0 aromatic heterocycles. The molecule has 2 atom stereocenters. The average Bonchev–Trinajstić information content (AvgIpc) is 3.30. The van der Waals surface area contributed by atoms with Crippen LogP contribution in [0.1, 0.15) is 33.0 Å². The zero-order chi connectivity index (χ0) is 26.9. The number of halogens is 6. The molecule has 37 heavy (non-hydrogen) atoms. The van der Waals surface area contributed by atoms with Crippen LogP contribution in [0.15, 0.2) is 60.7 Å². The smallest absolute Gasteiger partial charge is 0.419 e. The van der Waals surface area contributed by atoms with E-state index in [4.69, 9.17) is 27.9 Å². The van der Waals surface area contributed by atoms with E-state index >= 15 is 0 Å². The van der Waals surface area contributed by atoms with Gasteiger partial charge in [-0.3, -0.25) is 9.69 Å². The highest BCUT2D eigenvalue weighted by Crippen LogP contribution is 2.36. The number of carbonyl (C=O) groups is 1. The van der Waals surface area contributed by atoms with Crippen LogP contribution < -0.4 is 4.74 Å². The first-order valence-electron chi connectivity index (χ1n) is 11.4. The van der Waals surface area contributed by atoms with E-state index in [1.807, 2.05) is 11.0 Å². The van der Waals surface area contributed by atoms with E-state index in [-0.39, 0.29) is 24.4 Å². The monoisotopic (exact) mass is 554 g/mol. The van der Waals surface area contributed by atoms with Crippen molar-refractivity contribution in [1.82, 2.24) is 9.80 Å². The van der Waals surface area contributed by atoms with Gasteiger partial charge in [-0.25, -0.2) is 4.39 Å². The first kappa shape index (κ1) is 27.2. The quantitative estimate of drug-likeness (QED) is 0.311. The number of methoxy groups -OCH3 is 1. The number of amides is 1. The van der Waals surface area contributed by atoms with Crippen LogP contribution in [0, 0.1) is 5.82 Å². The molecule has 2 unspecified atom stereocenters. The van der Waals surface area contributed by atoms with Crippen molar-refractivity contribution in [3.05, 3.63) is 98.8 Å². The third-order valence-corrected chi connectivity index (χ3v) is 7.36. The number of rotatable bonds is 6. The topological polar surface area (TPSA) is 32.8 Å². The highest BCUT2D eigenvalue weighted by Gasteiger charge is 2.40. The summed E-state index contributed by atoms with van der Waals surface area (Å²) in [6.45, 7) is 0.876. The molecule has 0 N–H and O–H groups in total. The summed E-state index contributed by atoms with van der Waals surface area (Å²) < 4.78 is 58.5. The van der Waals surface area contributed by atoms with Gasteiger partial charge in [0.15, 0.2) is 0 Å². The largest absolute Gasteiger partial charge is 0.496 e. The minimum Gasteiger partial charge on any atom is -0.496 e. The molecule has 196 valence electrons. The van der Waals surface area contributed by atoms with E-state index in [0.717, 1.165) is 17.7 Å². The normalized spacial score (nSPS) is 17.9. The maximum Gasteiger partial charge on any atom is 0.419 e. The second-order valence-electron chi connectivity index (χ2n) is 8.98. The Morgan fingerprint density at radius 1 is 1.05 bits per heavy atom. The second kappa shape index (κ2) is 10.9. The Morgan fingerprint density at radius 3 is 2.43 bits per heavy atom. The molecule has 0 spiro atoms. The molecule has 1 aliphatic rings. The van der Waals surface area contributed by atoms with Gasteiger partial charge in [0, 0.05) is 31.6 Å². The lowest BCUT2D eigenvalue weighted by atomic mass is 9.93. The minimum absolute atomic E-state index is 0.175. The number of likely N-dealkylation sites (N-methyl/N-ethyl adjacent to an activating group) is 1. The second-order valence-corrected chi connectivity index (χ2v) is 9.80. The Kier molecular flexibility index (Phi) is 8.02. The predicted molar refractivity (Wildman–Crippen MR) is 135 cm³/mol. The van der Waals surface area contributed by atoms with Gasteiger partial charge >= 0.3 is 6.18 Å².